The minimum absolute atomic E-state index is 0.112. The van der Waals surface area contributed by atoms with Gasteiger partial charge in [0.1, 0.15) is 4.99 Å². The molecule has 1 heterocycles. The van der Waals surface area contributed by atoms with E-state index in [2.05, 4.69) is 6.92 Å². The number of thiocarbonyl (C=S) groups is 1. The van der Waals surface area contributed by atoms with E-state index in [1.807, 2.05) is 11.8 Å². The number of nitrogens with zero attached hydrogens (tertiary/aromatic N) is 1. The number of hydrogen-bond acceptors (Lipinski definition) is 2. The Bertz CT molecular complexity index is 542. The predicted molar refractivity (Wildman–Crippen MR) is 82.5 cm³/mol. The van der Waals surface area contributed by atoms with Crippen molar-refractivity contribution in [2.45, 2.75) is 38.9 Å². The highest BCUT2D eigenvalue weighted by Crippen LogP contribution is 2.36. The summed E-state index contributed by atoms with van der Waals surface area (Å²) in [6.07, 6.45) is -2.48. The fraction of sp³-hybridized carbons (Fsp3) is 0.533. The van der Waals surface area contributed by atoms with Crippen LogP contribution in [0.4, 0.5) is 18.9 Å². The lowest BCUT2D eigenvalue weighted by Gasteiger charge is -2.38. The molecule has 6 heteroatoms. The minimum Gasteiger partial charge on any atom is -0.389 e. The molecule has 1 aliphatic heterocycles. The fourth-order valence-corrected chi connectivity index (χ4v) is 3.13. The van der Waals surface area contributed by atoms with Gasteiger partial charge in [-0.3, -0.25) is 0 Å². The van der Waals surface area contributed by atoms with Gasteiger partial charge in [-0.05, 0) is 43.9 Å². The third-order valence-electron chi connectivity index (χ3n) is 4.04. The van der Waals surface area contributed by atoms with Crippen molar-refractivity contribution in [1.82, 2.24) is 0 Å². The molecule has 0 spiro atoms. The van der Waals surface area contributed by atoms with Crippen LogP contribution in [-0.2, 0) is 6.18 Å². The fourth-order valence-electron chi connectivity index (χ4n) is 2.95. The van der Waals surface area contributed by atoms with E-state index < -0.39 is 11.7 Å². The maximum Gasteiger partial charge on any atom is 0.417 e. The summed E-state index contributed by atoms with van der Waals surface area (Å²) in [5.74, 6) is 0.606. The molecule has 1 aromatic rings. The molecule has 0 saturated carbocycles. The summed E-state index contributed by atoms with van der Waals surface area (Å²) in [7, 11) is 0. The van der Waals surface area contributed by atoms with E-state index >= 15 is 0 Å². The Kier molecular flexibility index (Phi) is 4.46. The molecule has 116 valence electrons. The van der Waals surface area contributed by atoms with E-state index in [1.165, 1.54) is 12.1 Å². The zero-order valence-corrected chi connectivity index (χ0v) is 12.9. The molecule has 2 unspecified atom stereocenters. The van der Waals surface area contributed by atoms with Crippen molar-refractivity contribution in [3.8, 4) is 0 Å². The summed E-state index contributed by atoms with van der Waals surface area (Å²) >= 11 is 4.72. The van der Waals surface area contributed by atoms with Gasteiger partial charge in [0.2, 0.25) is 0 Å². The number of anilines is 1. The number of halogens is 3. The Morgan fingerprint density at radius 2 is 2.00 bits per heavy atom. The molecule has 0 aromatic heterocycles. The Hall–Kier alpha value is -1.30. The molecular weight excluding hydrogens is 297 g/mol. The summed E-state index contributed by atoms with van der Waals surface area (Å²) in [4.78, 5) is 1.80. The van der Waals surface area contributed by atoms with Crippen LogP contribution in [0.1, 0.15) is 37.8 Å². The van der Waals surface area contributed by atoms with Gasteiger partial charge in [-0.15, -0.1) is 0 Å². The molecule has 2 atom stereocenters. The molecule has 1 fully saturated rings. The Morgan fingerprint density at radius 1 is 1.33 bits per heavy atom. The van der Waals surface area contributed by atoms with E-state index in [4.69, 9.17) is 18.0 Å². The maximum absolute atomic E-state index is 13.2. The van der Waals surface area contributed by atoms with Gasteiger partial charge in [0.05, 0.1) is 5.56 Å². The first-order chi connectivity index (χ1) is 9.70. The van der Waals surface area contributed by atoms with Crippen molar-refractivity contribution in [1.29, 1.82) is 0 Å². The van der Waals surface area contributed by atoms with Gasteiger partial charge in [0.15, 0.2) is 0 Å². The molecule has 2 N–H and O–H groups in total. The van der Waals surface area contributed by atoms with E-state index in [0.717, 1.165) is 19.4 Å². The first-order valence-corrected chi connectivity index (χ1v) is 7.38. The lowest BCUT2D eigenvalue weighted by molar-refractivity contribution is -0.137. The largest absolute Gasteiger partial charge is 0.417 e. The van der Waals surface area contributed by atoms with Crippen molar-refractivity contribution in [3.63, 3.8) is 0 Å². The number of piperidine rings is 1. The molecular formula is C15H19F3N2S. The first kappa shape index (κ1) is 16.1. The standard InChI is InChI=1S/C15H19F3N2S/c1-9-5-6-20(10(2)7-9)11-3-4-12(14(19)21)13(8-11)15(16,17)18/h3-4,8-10H,5-7H2,1-2H3,(H2,19,21). The molecule has 1 aromatic carbocycles. The van der Waals surface area contributed by atoms with Gasteiger partial charge in [-0.2, -0.15) is 13.2 Å². The number of rotatable bonds is 2. The molecule has 0 aliphatic carbocycles. The average Bonchev–Trinajstić information content (AvgIpc) is 2.37. The number of alkyl halides is 3. The molecule has 1 aliphatic rings. The molecule has 2 nitrogen and oxygen atoms in total. The van der Waals surface area contributed by atoms with Crippen LogP contribution >= 0.6 is 12.2 Å². The lowest BCUT2D eigenvalue weighted by atomic mass is 9.92. The van der Waals surface area contributed by atoms with E-state index in [-0.39, 0.29) is 16.6 Å². The molecule has 0 radical (unpaired) electrons. The number of hydrogen-bond donors (Lipinski definition) is 1. The highest BCUT2D eigenvalue weighted by Gasteiger charge is 2.35. The highest BCUT2D eigenvalue weighted by atomic mass is 32.1. The smallest absolute Gasteiger partial charge is 0.389 e. The monoisotopic (exact) mass is 316 g/mol. The van der Waals surface area contributed by atoms with E-state index in [1.54, 1.807) is 6.07 Å². The van der Waals surface area contributed by atoms with Gasteiger partial charge in [0, 0.05) is 23.8 Å². The molecule has 1 saturated heterocycles. The zero-order valence-electron chi connectivity index (χ0n) is 12.1. The second-order valence-electron chi connectivity index (χ2n) is 5.76. The molecule has 0 amide bonds. The van der Waals surface area contributed by atoms with Crippen LogP contribution in [0.25, 0.3) is 0 Å². The third-order valence-corrected chi connectivity index (χ3v) is 4.26. The molecule has 21 heavy (non-hydrogen) atoms. The van der Waals surface area contributed by atoms with Crippen LogP contribution in [0.3, 0.4) is 0 Å². The summed E-state index contributed by atoms with van der Waals surface area (Å²) in [6.45, 7) is 4.99. The second-order valence-corrected chi connectivity index (χ2v) is 6.20. The van der Waals surface area contributed by atoms with Crippen molar-refractivity contribution < 1.29 is 13.2 Å². The zero-order chi connectivity index (χ0) is 15.8. The van der Waals surface area contributed by atoms with Crippen LogP contribution in [-0.4, -0.2) is 17.6 Å². The van der Waals surface area contributed by atoms with Gasteiger partial charge < -0.3 is 10.6 Å². The summed E-state index contributed by atoms with van der Waals surface area (Å²) < 4.78 is 39.5. The highest BCUT2D eigenvalue weighted by molar-refractivity contribution is 7.80. The van der Waals surface area contributed by atoms with Gasteiger partial charge >= 0.3 is 6.18 Å². The molecule has 0 bridgehead atoms. The van der Waals surface area contributed by atoms with Crippen LogP contribution in [0.15, 0.2) is 18.2 Å². The van der Waals surface area contributed by atoms with Crippen LogP contribution in [0, 0.1) is 5.92 Å². The average molecular weight is 316 g/mol. The third kappa shape index (κ3) is 3.48. The normalized spacial score (nSPS) is 23.2. The Labute approximate surface area is 128 Å². The van der Waals surface area contributed by atoms with Gasteiger partial charge in [0.25, 0.3) is 0 Å². The Balaban J connectivity index is 2.40. The van der Waals surface area contributed by atoms with E-state index in [0.29, 0.717) is 11.6 Å². The van der Waals surface area contributed by atoms with Gasteiger partial charge in [-0.25, -0.2) is 0 Å². The van der Waals surface area contributed by atoms with Crippen LogP contribution < -0.4 is 10.6 Å². The lowest BCUT2D eigenvalue weighted by Crippen LogP contribution is -2.40. The van der Waals surface area contributed by atoms with Crippen molar-refractivity contribution >= 4 is 22.9 Å². The second kappa shape index (κ2) is 5.83. The summed E-state index contributed by atoms with van der Waals surface area (Å²) in [5.41, 5.74) is 5.12. The summed E-state index contributed by atoms with van der Waals surface area (Å²) in [5, 5.41) is 0. The van der Waals surface area contributed by atoms with Gasteiger partial charge in [-0.1, -0.05) is 19.1 Å². The quantitative estimate of drug-likeness (QED) is 0.837. The SMILES string of the molecule is CC1CCN(c2ccc(C(N)=S)c(C(F)(F)F)c2)C(C)C1. The first-order valence-electron chi connectivity index (χ1n) is 6.98. The summed E-state index contributed by atoms with van der Waals surface area (Å²) in [6, 6.07) is 4.45. The van der Waals surface area contributed by atoms with Crippen molar-refractivity contribution in [3.05, 3.63) is 29.3 Å². The molecule has 2 rings (SSSR count). The number of benzene rings is 1. The minimum atomic E-state index is -4.46. The van der Waals surface area contributed by atoms with Crippen molar-refractivity contribution in [2.24, 2.45) is 11.7 Å². The topological polar surface area (TPSA) is 29.3 Å². The number of nitrogens with two attached hydrogens (primary N) is 1. The maximum atomic E-state index is 13.2. The Morgan fingerprint density at radius 3 is 2.52 bits per heavy atom. The van der Waals surface area contributed by atoms with Crippen LogP contribution in [0.5, 0.6) is 0 Å². The van der Waals surface area contributed by atoms with E-state index in [9.17, 15) is 13.2 Å². The van der Waals surface area contributed by atoms with Crippen LogP contribution in [0.2, 0.25) is 0 Å². The predicted octanol–water partition coefficient (Wildman–Crippen LogP) is 3.96. The van der Waals surface area contributed by atoms with Crippen molar-refractivity contribution in [2.75, 3.05) is 11.4 Å².